The molecule has 5 nitrogen and oxygen atoms in total. The highest BCUT2D eigenvalue weighted by atomic mass is 16.5. The lowest BCUT2D eigenvalue weighted by molar-refractivity contribution is 0.0752. The molecule has 1 aromatic carbocycles. The predicted octanol–water partition coefficient (Wildman–Crippen LogP) is 1.51. The van der Waals surface area contributed by atoms with Crippen molar-refractivity contribution in [2.24, 2.45) is 11.8 Å². The Labute approximate surface area is 124 Å². The third kappa shape index (κ3) is 2.70. The number of hydrogen-bond acceptors (Lipinski definition) is 4. The van der Waals surface area contributed by atoms with E-state index in [0.29, 0.717) is 36.1 Å². The van der Waals surface area contributed by atoms with Gasteiger partial charge in [0.1, 0.15) is 5.75 Å². The normalized spacial score (nSPS) is 27.7. The largest absolute Gasteiger partial charge is 0.494 e. The number of aliphatic hydroxyl groups excluding tert-OH is 1. The van der Waals surface area contributed by atoms with Crippen molar-refractivity contribution in [1.29, 1.82) is 0 Å². The molecule has 1 heterocycles. The van der Waals surface area contributed by atoms with Crippen molar-refractivity contribution in [3.05, 3.63) is 23.8 Å². The molecule has 2 aliphatic rings. The van der Waals surface area contributed by atoms with E-state index in [-0.39, 0.29) is 17.9 Å². The molecule has 3 atom stereocenters. The number of fused-ring (bicyclic) bond motifs is 1. The average molecular weight is 290 g/mol. The lowest BCUT2D eigenvalue weighted by Crippen LogP contribution is -2.31. The van der Waals surface area contributed by atoms with Gasteiger partial charge in [0.2, 0.25) is 0 Å². The summed E-state index contributed by atoms with van der Waals surface area (Å²) in [7, 11) is 0. The van der Waals surface area contributed by atoms with E-state index in [9.17, 15) is 9.90 Å². The zero-order chi connectivity index (χ0) is 15.0. The topological polar surface area (TPSA) is 75.8 Å². The van der Waals surface area contributed by atoms with Gasteiger partial charge >= 0.3 is 0 Å². The molecule has 21 heavy (non-hydrogen) atoms. The predicted molar refractivity (Wildman–Crippen MR) is 80.1 cm³/mol. The number of nitrogen functional groups attached to an aromatic ring is 1. The summed E-state index contributed by atoms with van der Waals surface area (Å²) in [5, 5.41) is 9.95. The second-order valence-electron chi connectivity index (χ2n) is 6.00. The number of likely N-dealkylation sites (tertiary alicyclic amines) is 1. The summed E-state index contributed by atoms with van der Waals surface area (Å²) in [5.74, 6) is 1.28. The Morgan fingerprint density at radius 3 is 2.90 bits per heavy atom. The van der Waals surface area contributed by atoms with Crippen LogP contribution in [0, 0.1) is 11.8 Å². The van der Waals surface area contributed by atoms with Gasteiger partial charge in [0.05, 0.1) is 12.7 Å². The average Bonchev–Trinajstić information content (AvgIpc) is 3.00. The van der Waals surface area contributed by atoms with Gasteiger partial charge in [-0.15, -0.1) is 0 Å². The molecular formula is C16H22N2O3. The quantitative estimate of drug-likeness (QED) is 0.827. The summed E-state index contributed by atoms with van der Waals surface area (Å²) in [6.07, 6.45) is 1.62. The summed E-state index contributed by atoms with van der Waals surface area (Å²) in [4.78, 5) is 14.5. The minimum absolute atomic E-state index is 0.0233. The zero-order valence-corrected chi connectivity index (χ0v) is 12.3. The summed E-state index contributed by atoms with van der Waals surface area (Å²) < 4.78 is 5.44. The van der Waals surface area contributed by atoms with Crippen LogP contribution in [0.5, 0.6) is 5.75 Å². The van der Waals surface area contributed by atoms with Crippen LogP contribution >= 0.6 is 0 Å². The second-order valence-corrected chi connectivity index (χ2v) is 6.00. The molecule has 1 aromatic rings. The number of aliphatic hydroxyl groups is 1. The van der Waals surface area contributed by atoms with E-state index < -0.39 is 0 Å². The van der Waals surface area contributed by atoms with Crippen LogP contribution in [0.1, 0.15) is 30.1 Å². The van der Waals surface area contributed by atoms with Gasteiger partial charge in [-0.05, 0) is 37.8 Å². The number of carbonyl (C=O) groups excluding carboxylic acids is 1. The molecule has 1 amide bonds. The third-order valence-corrected chi connectivity index (χ3v) is 4.59. The first-order chi connectivity index (χ1) is 10.1. The van der Waals surface area contributed by atoms with Gasteiger partial charge < -0.3 is 20.5 Å². The first-order valence-corrected chi connectivity index (χ1v) is 7.59. The van der Waals surface area contributed by atoms with Crippen LogP contribution in [0.3, 0.4) is 0 Å². The number of benzene rings is 1. The molecule has 114 valence electrons. The molecule has 3 unspecified atom stereocenters. The summed E-state index contributed by atoms with van der Waals surface area (Å²) in [6, 6.07) is 5.16. The van der Waals surface area contributed by atoms with Crippen molar-refractivity contribution in [1.82, 2.24) is 4.90 Å². The van der Waals surface area contributed by atoms with Crippen LogP contribution in [0.15, 0.2) is 18.2 Å². The third-order valence-electron chi connectivity index (χ3n) is 4.59. The maximum absolute atomic E-state index is 12.6. The Morgan fingerprint density at radius 1 is 1.38 bits per heavy atom. The molecule has 0 radical (unpaired) electrons. The van der Waals surface area contributed by atoms with Gasteiger partial charge in [0, 0.05) is 36.3 Å². The van der Waals surface area contributed by atoms with Gasteiger partial charge in [0.25, 0.3) is 5.91 Å². The zero-order valence-electron chi connectivity index (χ0n) is 12.3. The summed E-state index contributed by atoms with van der Waals surface area (Å²) >= 11 is 0. The molecular weight excluding hydrogens is 268 g/mol. The summed E-state index contributed by atoms with van der Waals surface area (Å²) in [6.45, 7) is 3.81. The molecule has 0 spiro atoms. The number of hydrogen-bond donors (Lipinski definition) is 2. The van der Waals surface area contributed by atoms with Gasteiger partial charge in [0.15, 0.2) is 0 Å². The Balaban J connectivity index is 1.77. The van der Waals surface area contributed by atoms with Gasteiger partial charge in [-0.25, -0.2) is 0 Å². The van der Waals surface area contributed by atoms with E-state index in [1.165, 1.54) is 0 Å². The number of anilines is 1. The van der Waals surface area contributed by atoms with E-state index in [4.69, 9.17) is 10.5 Å². The van der Waals surface area contributed by atoms with E-state index >= 15 is 0 Å². The highest BCUT2D eigenvalue weighted by Crippen LogP contribution is 2.38. The van der Waals surface area contributed by atoms with Crippen molar-refractivity contribution in [3.63, 3.8) is 0 Å². The van der Waals surface area contributed by atoms with Gasteiger partial charge in [-0.1, -0.05) is 0 Å². The van der Waals surface area contributed by atoms with Gasteiger partial charge in [-0.2, -0.15) is 0 Å². The molecule has 0 bridgehead atoms. The summed E-state index contributed by atoms with van der Waals surface area (Å²) in [5.41, 5.74) is 6.94. The van der Waals surface area contributed by atoms with Crippen molar-refractivity contribution < 1.29 is 14.6 Å². The second kappa shape index (κ2) is 5.56. The Kier molecular flexibility index (Phi) is 3.76. The van der Waals surface area contributed by atoms with Crippen LogP contribution < -0.4 is 10.5 Å². The number of rotatable bonds is 3. The van der Waals surface area contributed by atoms with Crippen LogP contribution in [0.2, 0.25) is 0 Å². The van der Waals surface area contributed by atoms with Crippen molar-refractivity contribution >= 4 is 11.6 Å². The molecule has 1 aliphatic carbocycles. The molecule has 3 N–H and O–H groups in total. The van der Waals surface area contributed by atoms with Crippen LogP contribution in [-0.2, 0) is 0 Å². The number of amides is 1. The van der Waals surface area contributed by atoms with Crippen LogP contribution in [0.4, 0.5) is 5.69 Å². The fourth-order valence-corrected chi connectivity index (χ4v) is 3.58. The Hall–Kier alpha value is -1.75. The number of carbonyl (C=O) groups is 1. The molecule has 1 aliphatic heterocycles. The van der Waals surface area contributed by atoms with Crippen LogP contribution in [-0.4, -0.2) is 41.7 Å². The van der Waals surface area contributed by atoms with Gasteiger partial charge in [-0.3, -0.25) is 4.79 Å². The van der Waals surface area contributed by atoms with Crippen molar-refractivity contribution in [3.8, 4) is 5.75 Å². The lowest BCUT2D eigenvalue weighted by Gasteiger charge is -2.19. The van der Waals surface area contributed by atoms with Crippen LogP contribution in [0.25, 0.3) is 0 Å². The maximum Gasteiger partial charge on any atom is 0.254 e. The van der Waals surface area contributed by atoms with E-state index in [1.807, 2.05) is 11.8 Å². The van der Waals surface area contributed by atoms with Crippen molar-refractivity contribution in [2.45, 2.75) is 25.9 Å². The minimum Gasteiger partial charge on any atom is -0.494 e. The fraction of sp³-hybridized carbons (Fsp3) is 0.562. The molecule has 3 rings (SSSR count). The highest BCUT2D eigenvalue weighted by molar-refractivity contribution is 5.95. The molecule has 0 aromatic heterocycles. The monoisotopic (exact) mass is 290 g/mol. The Bertz CT molecular complexity index is 546. The van der Waals surface area contributed by atoms with E-state index in [1.54, 1.807) is 18.2 Å². The van der Waals surface area contributed by atoms with E-state index in [2.05, 4.69) is 0 Å². The first-order valence-electron chi connectivity index (χ1n) is 7.59. The van der Waals surface area contributed by atoms with Crippen molar-refractivity contribution in [2.75, 3.05) is 25.4 Å². The number of nitrogens with two attached hydrogens (primary N) is 1. The maximum atomic E-state index is 12.6. The standard InChI is InChI=1S/C16H22N2O3/c1-2-21-13-6-11(5-12(17)7-13)16(20)18-8-10-3-4-15(19)14(10)9-18/h5-7,10,14-15,19H,2-4,8-9,17H2,1H3. The SMILES string of the molecule is CCOc1cc(N)cc(C(=O)N2CC3CCC(O)C3C2)c1. The first kappa shape index (κ1) is 14.2. The molecule has 5 heteroatoms. The Morgan fingerprint density at radius 2 is 2.19 bits per heavy atom. The number of ether oxygens (including phenoxy) is 1. The molecule has 2 fully saturated rings. The van der Waals surface area contributed by atoms with E-state index in [0.717, 1.165) is 19.4 Å². The molecule has 1 saturated carbocycles. The fourth-order valence-electron chi connectivity index (χ4n) is 3.58. The highest BCUT2D eigenvalue weighted by Gasteiger charge is 2.43. The minimum atomic E-state index is -0.257. The lowest BCUT2D eigenvalue weighted by atomic mass is 10.00. The number of nitrogens with zero attached hydrogens (tertiary/aromatic N) is 1. The molecule has 1 saturated heterocycles. The smallest absolute Gasteiger partial charge is 0.254 e.